The third-order valence-corrected chi connectivity index (χ3v) is 6.62. The van der Waals surface area contributed by atoms with Crippen molar-refractivity contribution in [2.24, 2.45) is 10.2 Å². The number of benzene rings is 3. The van der Waals surface area contributed by atoms with Crippen LogP contribution in [-0.2, 0) is 0 Å². The second kappa shape index (κ2) is 11.0. The quantitative estimate of drug-likeness (QED) is 0.264. The Balaban J connectivity index is 0.000000181. The summed E-state index contributed by atoms with van der Waals surface area (Å²) in [4.78, 5) is 0. The second-order valence-electron chi connectivity index (χ2n) is 4.86. The zero-order valence-electron chi connectivity index (χ0n) is 13.4. The van der Waals surface area contributed by atoms with Crippen molar-refractivity contribution in [3.05, 3.63) is 90.5 Å². The summed E-state index contributed by atoms with van der Waals surface area (Å²) < 4.78 is 3.08. The SMILES string of the molecule is [O-]/C=N\N=C\c1ccccc1[O-].c1cc[c]([Sn+2][c]2ccccc2)cc1. The molecule has 0 saturated carbocycles. The fraction of sp³-hybridized carbons (Fsp3) is 0. The molecule has 0 bridgehead atoms. The van der Waals surface area contributed by atoms with E-state index in [9.17, 15) is 10.2 Å². The molecule has 0 aliphatic rings. The summed E-state index contributed by atoms with van der Waals surface area (Å²) in [6.45, 7) is 0. The van der Waals surface area contributed by atoms with Crippen LogP contribution in [0, 0.1) is 0 Å². The van der Waals surface area contributed by atoms with Crippen LogP contribution in [-0.4, -0.2) is 33.8 Å². The summed E-state index contributed by atoms with van der Waals surface area (Å²) in [6, 6.07) is 28.0. The summed E-state index contributed by atoms with van der Waals surface area (Å²) >= 11 is -0.517. The molecule has 0 aliphatic heterocycles. The van der Waals surface area contributed by atoms with E-state index in [1.165, 1.54) is 19.4 Å². The summed E-state index contributed by atoms with van der Waals surface area (Å²) in [5.41, 5.74) is 0.420. The summed E-state index contributed by atoms with van der Waals surface area (Å²) in [6.07, 6.45) is 1.56. The fourth-order valence-corrected chi connectivity index (χ4v) is 4.92. The molecule has 0 fully saturated rings. The van der Waals surface area contributed by atoms with Crippen LogP contribution in [0.5, 0.6) is 5.75 Å². The molecule has 0 aromatic heterocycles. The van der Waals surface area contributed by atoms with E-state index in [1.54, 1.807) is 18.2 Å². The van der Waals surface area contributed by atoms with Gasteiger partial charge in [0.1, 0.15) is 0 Å². The molecule has 0 saturated heterocycles. The van der Waals surface area contributed by atoms with Gasteiger partial charge in [0, 0.05) is 0 Å². The van der Waals surface area contributed by atoms with Crippen molar-refractivity contribution >= 4 is 40.9 Å². The van der Waals surface area contributed by atoms with Crippen LogP contribution in [0.15, 0.2) is 95.1 Å². The van der Waals surface area contributed by atoms with Crippen LogP contribution in [0.4, 0.5) is 0 Å². The normalized spacial score (nSPS) is 10.2. The molecule has 122 valence electrons. The van der Waals surface area contributed by atoms with Crippen LogP contribution in [0.2, 0.25) is 0 Å². The Kier molecular flexibility index (Phi) is 8.27. The zero-order chi connectivity index (χ0) is 17.7. The molecule has 0 heterocycles. The molecule has 3 aromatic carbocycles. The average Bonchev–Trinajstić information content (AvgIpc) is 2.66. The molecule has 0 atom stereocenters. The molecule has 0 N–H and O–H groups in total. The number of para-hydroxylation sites is 1. The van der Waals surface area contributed by atoms with Gasteiger partial charge in [-0.25, -0.2) is 0 Å². The van der Waals surface area contributed by atoms with Gasteiger partial charge in [0.25, 0.3) is 0 Å². The van der Waals surface area contributed by atoms with Gasteiger partial charge in [0.05, 0.1) is 6.21 Å². The Bertz CT molecular complexity index is 769. The predicted molar refractivity (Wildman–Crippen MR) is 99.9 cm³/mol. The minimum atomic E-state index is -0.517. The van der Waals surface area contributed by atoms with Crippen LogP contribution < -0.4 is 17.4 Å². The molecule has 5 heteroatoms. The molecular weight excluding hydrogens is 419 g/mol. The van der Waals surface area contributed by atoms with Crippen molar-refractivity contribution < 1.29 is 10.2 Å². The number of nitrogens with zero attached hydrogens (tertiary/aromatic N) is 2. The predicted octanol–water partition coefficient (Wildman–Crippen LogP) is 0.824. The molecule has 3 rings (SSSR count). The second-order valence-corrected chi connectivity index (χ2v) is 8.87. The molecular formula is C20H16N2O2Sn. The first-order valence-corrected chi connectivity index (χ1v) is 10.4. The minimum absolute atomic E-state index is 0.137. The van der Waals surface area contributed by atoms with Gasteiger partial charge >= 0.3 is 89.0 Å². The molecule has 0 amide bonds. The zero-order valence-corrected chi connectivity index (χ0v) is 16.3. The van der Waals surface area contributed by atoms with Crippen molar-refractivity contribution in [3.63, 3.8) is 0 Å². The Morgan fingerprint density at radius 3 is 1.72 bits per heavy atom. The number of hydrogen-bond acceptors (Lipinski definition) is 4. The van der Waals surface area contributed by atoms with Crippen LogP contribution in [0.1, 0.15) is 5.56 Å². The number of rotatable bonds is 4. The molecule has 0 aliphatic carbocycles. The van der Waals surface area contributed by atoms with Crippen molar-refractivity contribution in [1.29, 1.82) is 0 Å². The van der Waals surface area contributed by atoms with Crippen molar-refractivity contribution in [2.45, 2.75) is 0 Å². The third-order valence-electron chi connectivity index (χ3n) is 3.07. The van der Waals surface area contributed by atoms with Gasteiger partial charge in [-0.3, -0.25) is 0 Å². The van der Waals surface area contributed by atoms with Gasteiger partial charge in [-0.1, -0.05) is 30.0 Å². The summed E-state index contributed by atoms with van der Waals surface area (Å²) in [5.74, 6) is -0.137. The first kappa shape index (κ1) is 18.7. The first-order chi connectivity index (χ1) is 12.3. The van der Waals surface area contributed by atoms with Crippen molar-refractivity contribution in [2.75, 3.05) is 0 Å². The standard InChI is InChI=1S/C8H8N2O2.2C6H5.Sn/c11-6-10-9-5-7-3-1-2-4-8(7)12;2*1-2-4-6-5-3-1;/h1-6,12H,(H,10,11);2*1-5H;/q;;;+2/p-2/b9-5+;;;. The van der Waals surface area contributed by atoms with Gasteiger partial charge in [-0.2, -0.15) is 10.2 Å². The van der Waals surface area contributed by atoms with E-state index in [-0.39, 0.29) is 5.75 Å². The van der Waals surface area contributed by atoms with E-state index in [2.05, 4.69) is 70.9 Å². The topological polar surface area (TPSA) is 70.8 Å². The monoisotopic (exact) mass is 436 g/mol. The van der Waals surface area contributed by atoms with E-state index in [4.69, 9.17) is 0 Å². The van der Waals surface area contributed by atoms with Crippen LogP contribution in [0.3, 0.4) is 0 Å². The molecule has 3 aromatic rings. The van der Waals surface area contributed by atoms with E-state index in [1.807, 2.05) is 0 Å². The van der Waals surface area contributed by atoms with E-state index < -0.39 is 21.1 Å². The third kappa shape index (κ3) is 7.22. The Hall–Kier alpha value is -2.60. The molecule has 0 unspecified atom stereocenters. The van der Waals surface area contributed by atoms with Crippen molar-refractivity contribution in [1.82, 2.24) is 0 Å². The van der Waals surface area contributed by atoms with Crippen LogP contribution in [0.25, 0.3) is 0 Å². The molecule has 0 radical (unpaired) electrons. The van der Waals surface area contributed by atoms with Gasteiger partial charge < -0.3 is 10.2 Å². The molecule has 4 nitrogen and oxygen atoms in total. The summed E-state index contributed by atoms with van der Waals surface area (Å²) in [5, 5.41) is 27.1. The Labute approximate surface area is 157 Å². The van der Waals surface area contributed by atoms with E-state index in [0.29, 0.717) is 12.0 Å². The molecule has 0 spiro atoms. The molecule has 25 heavy (non-hydrogen) atoms. The van der Waals surface area contributed by atoms with E-state index in [0.717, 1.165) is 0 Å². The van der Waals surface area contributed by atoms with Gasteiger partial charge in [0.15, 0.2) is 0 Å². The van der Waals surface area contributed by atoms with Gasteiger partial charge in [-0.15, -0.1) is 0 Å². The maximum absolute atomic E-state index is 11.0. The van der Waals surface area contributed by atoms with Crippen molar-refractivity contribution in [3.8, 4) is 5.75 Å². The Morgan fingerprint density at radius 1 is 0.680 bits per heavy atom. The Morgan fingerprint density at radius 2 is 1.20 bits per heavy atom. The first-order valence-electron chi connectivity index (χ1n) is 7.59. The van der Waals surface area contributed by atoms with E-state index >= 15 is 0 Å². The van der Waals surface area contributed by atoms with Gasteiger partial charge in [-0.05, 0) is 12.0 Å². The van der Waals surface area contributed by atoms with Gasteiger partial charge in [0.2, 0.25) is 0 Å². The fourth-order valence-electron chi connectivity index (χ4n) is 1.92. The summed E-state index contributed by atoms with van der Waals surface area (Å²) in [7, 11) is 0. The van der Waals surface area contributed by atoms with Crippen LogP contribution >= 0.6 is 0 Å². The average molecular weight is 435 g/mol. The number of hydrogen-bond donors (Lipinski definition) is 0. The maximum atomic E-state index is 11.0.